The van der Waals surface area contributed by atoms with Crippen LogP contribution in [0.1, 0.15) is 45.4 Å². The number of hydrogen-bond acceptors (Lipinski definition) is 6. The molecule has 5 atom stereocenters. The van der Waals surface area contributed by atoms with Crippen LogP contribution < -0.4 is 0 Å². The van der Waals surface area contributed by atoms with Crippen LogP contribution in [0.15, 0.2) is 0 Å². The van der Waals surface area contributed by atoms with Crippen molar-refractivity contribution < 1.29 is 25.2 Å². The summed E-state index contributed by atoms with van der Waals surface area (Å²) >= 11 is 1.44. The Morgan fingerprint density at radius 2 is 1.55 bits per heavy atom. The van der Waals surface area contributed by atoms with E-state index in [9.17, 15) is 15.3 Å². The molecular weight excluding hydrogens is 280 g/mol. The van der Waals surface area contributed by atoms with Crippen LogP contribution in [0.25, 0.3) is 0 Å². The monoisotopic (exact) mass is 308 g/mol. The molecule has 0 unspecified atom stereocenters. The third-order valence-electron chi connectivity index (χ3n) is 3.63. The summed E-state index contributed by atoms with van der Waals surface area (Å²) in [5, 5.41) is 38.3. The largest absolute Gasteiger partial charge is 0.394 e. The first kappa shape index (κ1) is 18.2. The average Bonchev–Trinajstić information content (AvgIpc) is 2.46. The first-order valence-electron chi connectivity index (χ1n) is 7.54. The predicted molar refractivity (Wildman–Crippen MR) is 79.6 cm³/mol. The lowest BCUT2D eigenvalue weighted by atomic mass is 10.0. The maximum atomic E-state index is 9.86. The van der Waals surface area contributed by atoms with Gasteiger partial charge in [-0.15, -0.1) is 11.8 Å². The van der Waals surface area contributed by atoms with E-state index >= 15 is 0 Å². The second kappa shape index (κ2) is 9.97. The summed E-state index contributed by atoms with van der Waals surface area (Å²) in [6, 6.07) is 0. The van der Waals surface area contributed by atoms with Gasteiger partial charge in [-0.25, -0.2) is 0 Å². The molecule has 120 valence electrons. The molecule has 6 heteroatoms. The highest BCUT2D eigenvalue weighted by Crippen LogP contribution is 2.29. The van der Waals surface area contributed by atoms with E-state index in [4.69, 9.17) is 9.84 Å². The molecular formula is C14H28O5S. The van der Waals surface area contributed by atoms with Crippen molar-refractivity contribution in [2.75, 3.05) is 12.4 Å². The molecule has 0 radical (unpaired) electrons. The fourth-order valence-corrected chi connectivity index (χ4v) is 3.47. The minimum atomic E-state index is -1.26. The molecule has 20 heavy (non-hydrogen) atoms. The topological polar surface area (TPSA) is 90.2 Å². The van der Waals surface area contributed by atoms with Gasteiger partial charge in [0.25, 0.3) is 0 Å². The summed E-state index contributed by atoms with van der Waals surface area (Å²) in [5.41, 5.74) is -0.582. The summed E-state index contributed by atoms with van der Waals surface area (Å²) in [4.78, 5) is 0. The zero-order valence-electron chi connectivity index (χ0n) is 12.1. The van der Waals surface area contributed by atoms with E-state index in [-0.39, 0.29) is 6.61 Å². The summed E-state index contributed by atoms with van der Waals surface area (Å²) < 4.78 is 5.43. The smallest absolute Gasteiger partial charge is 0.132 e. The van der Waals surface area contributed by atoms with Crippen LogP contribution in [-0.4, -0.2) is 62.6 Å². The molecule has 1 heterocycles. The fourth-order valence-electron chi connectivity index (χ4n) is 2.29. The van der Waals surface area contributed by atoms with Crippen LogP contribution >= 0.6 is 11.8 Å². The summed E-state index contributed by atoms with van der Waals surface area (Å²) in [5.74, 6) is 0.842. The van der Waals surface area contributed by atoms with E-state index in [1.165, 1.54) is 37.4 Å². The van der Waals surface area contributed by atoms with Gasteiger partial charge in [0.2, 0.25) is 0 Å². The van der Waals surface area contributed by atoms with Gasteiger partial charge >= 0.3 is 0 Å². The van der Waals surface area contributed by atoms with Gasteiger partial charge in [-0.1, -0.05) is 39.0 Å². The summed E-state index contributed by atoms with van der Waals surface area (Å²) in [6.07, 6.45) is 2.77. The van der Waals surface area contributed by atoms with Crippen molar-refractivity contribution in [1.82, 2.24) is 0 Å². The van der Waals surface area contributed by atoms with E-state index in [1.807, 2.05) is 0 Å². The predicted octanol–water partition coefficient (Wildman–Crippen LogP) is 0.880. The molecule has 1 aliphatic rings. The van der Waals surface area contributed by atoms with Gasteiger partial charge in [0.05, 0.1) is 6.61 Å². The Balaban J connectivity index is 2.21. The molecule has 0 aromatic rings. The number of ether oxygens (including phenoxy) is 1. The number of aliphatic hydroxyl groups is 4. The van der Waals surface area contributed by atoms with E-state index in [0.29, 0.717) is 0 Å². The maximum absolute atomic E-state index is 9.86. The molecule has 0 bridgehead atoms. The van der Waals surface area contributed by atoms with Gasteiger partial charge in [-0.3, -0.25) is 0 Å². The van der Waals surface area contributed by atoms with Crippen molar-refractivity contribution in [3.8, 4) is 0 Å². The minimum absolute atomic E-state index is 0.362. The van der Waals surface area contributed by atoms with Crippen LogP contribution in [0.2, 0.25) is 0 Å². The van der Waals surface area contributed by atoms with Crippen molar-refractivity contribution in [2.45, 2.75) is 75.3 Å². The maximum Gasteiger partial charge on any atom is 0.132 e. The third kappa shape index (κ3) is 5.50. The van der Waals surface area contributed by atoms with Gasteiger partial charge in [0.15, 0.2) is 0 Å². The van der Waals surface area contributed by atoms with Crippen molar-refractivity contribution >= 4 is 11.8 Å². The molecule has 0 saturated carbocycles. The Morgan fingerprint density at radius 3 is 2.20 bits per heavy atom. The lowest BCUT2D eigenvalue weighted by molar-refractivity contribution is -0.205. The van der Waals surface area contributed by atoms with Crippen LogP contribution in [-0.2, 0) is 4.74 Å². The van der Waals surface area contributed by atoms with E-state index in [2.05, 4.69) is 6.92 Å². The van der Waals surface area contributed by atoms with Crippen molar-refractivity contribution in [3.63, 3.8) is 0 Å². The number of rotatable bonds is 9. The molecule has 0 aliphatic carbocycles. The SMILES string of the molecule is CCCCCCCCS[C@@H]1O[C@H](CO)[C@H](O)[C@H](O)[C@@H]1O. The van der Waals surface area contributed by atoms with Gasteiger partial charge in [0.1, 0.15) is 29.9 Å². The standard InChI is InChI=1S/C14H28O5S/c1-2-3-4-5-6-7-8-20-14-13(18)12(17)11(16)10(9-15)19-14/h10-18H,2-9H2,1H3/t10-,11+,12+,13+,14+/m1/s1. The molecule has 1 saturated heterocycles. The quantitative estimate of drug-likeness (QED) is 0.473. The highest BCUT2D eigenvalue weighted by atomic mass is 32.2. The molecule has 5 nitrogen and oxygen atoms in total. The first-order chi connectivity index (χ1) is 9.61. The van der Waals surface area contributed by atoms with Crippen molar-refractivity contribution in [2.24, 2.45) is 0 Å². The Labute approximate surface area is 125 Å². The fraction of sp³-hybridized carbons (Fsp3) is 1.00. The summed E-state index contributed by atoms with van der Waals surface area (Å²) in [7, 11) is 0. The number of unbranched alkanes of at least 4 members (excludes halogenated alkanes) is 5. The molecule has 0 amide bonds. The number of aliphatic hydroxyl groups excluding tert-OH is 4. The Hall–Kier alpha value is 0.150. The molecule has 1 fully saturated rings. The summed E-state index contributed by atoms with van der Waals surface area (Å²) in [6.45, 7) is 1.83. The van der Waals surface area contributed by atoms with E-state index < -0.39 is 29.9 Å². The van der Waals surface area contributed by atoms with E-state index in [0.717, 1.165) is 18.6 Å². The molecule has 4 N–H and O–H groups in total. The second-order valence-corrected chi connectivity index (χ2v) is 6.54. The molecule has 0 spiro atoms. The highest BCUT2D eigenvalue weighted by Gasteiger charge is 2.43. The molecule has 0 aromatic heterocycles. The zero-order chi connectivity index (χ0) is 15.0. The van der Waals surface area contributed by atoms with Gasteiger partial charge in [0, 0.05) is 0 Å². The van der Waals surface area contributed by atoms with Crippen LogP contribution in [0.4, 0.5) is 0 Å². The van der Waals surface area contributed by atoms with Crippen molar-refractivity contribution in [1.29, 1.82) is 0 Å². The first-order valence-corrected chi connectivity index (χ1v) is 8.58. The Morgan fingerprint density at radius 1 is 0.900 bits per heavy atom. The van der Waals surface area contributed by atoms with Crippen LogP contribution in [0.3, 0.4) is 0 Å². The second-order valence-electron chi connectivity index (χ2n) is 5.34. The molecule has 1 rings (SSSR count). The minimum Gasteiger partial charge on any atom is -0.394 e. The molecule has 1 aliphatic heterocycles. The van der Waals surface area contributed by atoms with Gasteiger partial charge < -0.3 is 25.2 Å². The van der Waals surface area contributed by atoms with Gasteiger partial charge in [-0.05, 0) is 12.2 Å². The van der Waals surface area contributed by atoms with Crippen LogP contribution in [0, 0.1) is 0 Å². The lowest BCUT2D eigenvalue weighted by Gasteiger charge is -2.39. The van der Waals surface area contributed by atoms with E-state index in [1.54, 1.807) is 0 Å². The zero-order valence-corrected chi connectivity index (χ0v) is 13.0. The Kier molecular flexibility index (Phi) is 9.08. The van der Waals surface area contributed by atoms with Gasteiger partial charge in [-0.2, -0.15) is 0 Å². The number of thioether (sulfide) groups is 1. The third-order valence-corrected chi connectivity index (χ3v) is 4.87. The van der Waals surface area contributed by atoms with Crippen molar-refractivity contribution in [3.05, 3.63) is 0 Å². The average molecular weight is 308 g/mol. The normalized spacial score (nSPS) is 34.4. The Bertz CT molecular complexity index is 252. The van der Waals surface area contributed by atoms with Crippen LogP contribution in [0.5, 0.6) is 0 Å². The molecule has 0 aromatic carbocycles. The lowest BCUT2D eigenvalue weighted by Crippen LogP contribution is -2.57. The highest BCUT2D eigenvalue weighted by molar-refractivity contribution is 7.99. The number of hydrogen-bond donors (Lipinski definition) is 4.